The average Bonchev–Trinajstić information content (AvgIpc) is 2.37. The van der Waals surface area contributed by atoms with Crippen LogP contribution in [0.2, 0.25) is 0 Å². The number of nitrogens with two attached hydrogens (primary N) is 1. The van der Waals surface area contributed by atoms with Crippen molar-refractivity contribution in [2.75, 3.05) is 5.73 Å². The summed E-state index contributed by atoms with van der Waals surface area (Å²) in [4.78, 5) is 14.9. The Morgan fingerprint density at radius 1 is 1.37 bits per heavy atom. The van der Waals surface area contributed by atoms with Crippen LogP contribution < -0.4 is 10.5 Å². The first-order chi connectivity index (χ1) is 9.06. The van der Waals surface area contributed by atoms with E-state index in [-0.39, 0.29) is 12.2 Å². The van der Waals surface area contributed by atoms with Gasteiger partial charge in [0.2, 0.25) is 0 Å². The van der Waals surface area contributed by atoms with Crippen molar-refractivity contribution >= 4 is 27.6 Å². The molecule has 0 aliphatic heterocycles. The zero-order chi connectivity index (χ0) is 13.8. The van der Waals surface area contributed by atoms with Gasteiger partial charge in [0.15, 0.2) is 0 Å². The molecule has 98 valence electrons. The van der Waals surface area contributed by atoms with Gasteiger partial charge in [-0.3, -0.25) is 4.98 Å². The van der Waals surface area contributed by atoms with E-state index in [0.717, 1.165) is 10.0 Å². The third kappa shape index (κ3) is 3.45. The summed E-state index contributed by atoms with van der Waals surface area (Å²) in [6.07, 6.45) is 3.34. The van der Waals surface area contributed by atoms with E-state index in [2.05, 4.69) is 20.9 Å². The van der Waals surface area contributed by atoms with Gasteiger partial charge in [-0.05, 0) is 40.2 Å². The molecule has 0 radical (unpaired) electrons. The predicted octanol–water partition coefficient (Wildman–Crippen LogP) is 2.70. The molecule has 0 saturated heterocycles. The molecule has 1 aromatic heterocycles. The fraction of sp³-hybridized carbons (Fsp3) is 0.0769. The van der Waals surface area contributed by atoms with Crippen LogP contribution in [0.5, 0.6) is 5.75 Å². The number of nitrogen functional groups attached to an aromatic ring is 1. The van der Waals surface area contributed by atoms with Gasteiger partial charge < -0.3 is 15.6 Å². The molecule has 0 bridgehead atoms. The van der Waals surface area contributed by atoms with Crippen molar-refractivity contribution in [3.8, 4) is 5.75 Å². The summed E-state index contributed by atoms with van der Waals surface area (Å²) >= 11 is 3.31. The van der Waals surface area contributed by atoms with Crippen molar-refractivity contribution in [3.63, 3.8) is 0 Å². The van der Waals surface area contributed by atoms with E-state index in [1.165, 1.54) is 18.2 Å². The number of rotatable bonds is 4. The van der Waals surface area contributed by atoms with Gasteiger partial charge in [-0.25, -0.2) is 4.79 Å². The number of aromatic carboxylic acids is 1. The van der Waals surface area contributed by atoms with E-state index >= 15 is 0 Å². The highest BCUT2D eigenvalue weighted by molar-refractivity contribution is 9.10. The van der Waals surface area contributed by atoms with Gasteiger partial charge in [-0.15, -0.1) is 0 Å². The summed E-state index contributed by atoms with van der Waals surface area (Å²) in [5, 5.41) is 8.91. The lowest BCUT2D eigenvalue weighted by molar-refractivity contribution is 0.0696. The molecule has 5 nitrogen and oxygen atoms in total. The summed E-state index contributed by atoms with van der Waals surface area (Å²) in [5.41, 5.74) is 7.13. The highest BCUT2D eigenvalue weighted by atomic mass is 79.9. The molecule has 0 saturated carbocycles. The smallest absolute Gasteiger partial charge is 0.335 e. The number of pyridine rings is 1. The van der Waals surface area contributed by atoms with Gasteiger partial charge in [0, 0.05) is 22.4 Å². The first-order valence-corrected chi connectivity index (χ1v) is 6.20. The fourth-order valence-electron chi connectivity index (χ4n) is 1.49. The molecule has 2 aromatic rings. The summed E-state index contributed by atoms with van der Waals surface area (Å²) in [6, 6.07) is 6.22. The Balaban J connectivity index is 2.15. The van der Waals surface area contributed by atoms with Gasteiger partial charge in [-0.2, -0.15) is 0 Å². The normalized spacial score (nSPS) is 10.2. The van der Waals surface area contributed by atoms with E-state index in [4.69, 9.17) is 15.6 Å². The largest absolute Gasteiger partial charge is 0.487 e. The van der Waals surface area contributed by atoms with Crippen LogP contribution in [-0.4, -0.2) is 16.1 Å². The van der Waals surface area contributed by atoms with Crippen LogP contribution in [-0.2, 0) is 6.61 Å². The topological polar surface area (TPSA) is 85.4 Å². The Morgan fingerprint density at radius 2 is 2.16 bits per heavy atom. The molecule has 0 atom stereocenters. The van der Waals surface area contributed by atoms with E-state index in [1.54, 1.807) is 12.4 Å². The van der Waals surface area contributed by atoms with Crippen molar-refractivity contribution in [2.24, 2.45) is 0 Å². The van der Waals surface area contributed by atoms with Crippen molar-refractivity contribution in [3.05, 3.63) is 52.3 Å². The van der Waals surface area contributed by atoms with Gasteiger partial charge in [0.1, 0.15) is 12.4 Å². The van der Waals surface area contributed by atoms with E-state index in [9.17, 15) is 4.79 Å². The molecule has 0 spiro atoms. The second-order valence-corrected chi connectivity index (χ2v) is 4.77. The third-order valence-electron chi connectivity index (χ3n) is 2.42. The van der Waals surface area contributed by atoms with Gasteiger partial charge >= 0.3 is 5.97 Å². The molecule has 3 N–H and O–H groups in total. The maximum atomic E-state index is 10.9. The van der Waals surface area contributed by atoms with Crippen molar-refractivity contribution < 1.29 is 14.6 Å². The Labute approximate surface area is 118 Å². The zero-order valence-electron chi connectivity index (χ0n) is 9.84. The lowest BCUT2D eigenvalue weighted by atomic mass is 10.2. The van der Waals surface area contributed by atoms with Crippen molar-refractivity contribution in [1.82, 2.24) is 4.98 Å². The first-order valence-electron chi connectivity index (χ1n) is 5.41. The summed E-state index contributed by atoms with van der Waals surface area (Å²) < 4.78 is 6.37. The maximum Gasteiger partial charge on any atom is 0.335 e. The minimum absolute atomic E-state index is 0.136. The molecule has 1 aromatic carbocycles. The summed E-state index contributed by atoms with van der Waals surface area (Å²) in [7, 11) is 0. The number of hydrogen-bond donors (Lipinski definition) is 2. The number of ether oxygens (including phenoxy) is 1. The molecule has 6 heteroatoms. The zero-order valence-corrected chi connectivity index (χ0v) is 11.4. The molecular weight excluding hydrogens is 312 g/mol. The second kappa shape index (κ2) is 5.71. The molecule has 0 fully saturated rings. The van der Waals surface area contributed by atoms with Crippen molar-refractivity contribution in [2.45, 2.75) is 6.61 Å². The fourth-order valence-corrected chi connectivity index (χ4v) is 1.90. The van der Waals surface area contributed by atoms with Crippen LogP contribution in [0.3, 0.4) is 0 Å². The summed E-state index contributed by atoms with van der Waals surface area (Å²) in [6.45, 7) is 0.264. The van der Waals surface area contributed by atoms with E-state index in [0.29, 0.717) is 11.4 Å². The number of nitrogens with zero attached hydrogens (tertiary/aromatic N) is 1. The molecular formula is C13H11BrN2O3. The number of aromatic nitrogens is 1. The number of carboxylic acids is 1. The molecule has 0 amide bonds. The van der Waals surface area contributed by atoms with Crippen LogP contribution in [0, 0.1) is 0 Å². The summed E-state index contributed by atoms with van der Waals surface area (Å²) in [5.74, 6) is -0.672. The quantitative estimate of drug-likeness (QED) is 0.845. The van der Waals surface area contributed by atoms with Crippen LogP contribution in [0.4, 0.5) is 5.69 Å². The Morgan fingerprint density at radius 3 is 2.84 bits per heavy atom. The van der Waals surface area contributed by atoms with Crippen LogP contribution in [0.15, 0.2) is 41.1 Å². The van der Waals surface area contributed by atoms with Gasteiger partial charge in [-0.1, -0.05) is 0 Å². The average molecular weight is 323 g/mol. The minimum atomic E-state index is -1.02. The number of carboxylic acid groups (broad SMARTS) is 1. The Kier molecular flexibility index (Phi) is 4.01. The molecule has 0 aliphatic carbocycles. The monoisotopic (exact) mass is 322 g/mol. The highest BCUT2D eigenvalue weighted by Gasteiger charge is 2.08. The SMILES string of the molecule is Nc1ccc(C(=O)O)cc1OCc1cncc(Br)c1. The van der Waals surface area contributed by atoms with Crippen molar-refractivity contribution in [1.29, 1.82) is 0 Å². The lowest BCUT2D eigenvalue weighted by Crippen LogP contribution is -2.02. The molecule has 0 unspecified atom stereocenters. The predicted molar refractivity (Wildman–Crippen MR) is 74.1 cm³/mol. The van der Waals surface area contributed by atoms with Crippen LogP contribution >= 0.6 is 15.9 Å². The Hall–Kier alpha value is -2.08. The van der Waals surface area contributed by atoms with Gasteiger partial charge in [0.05, 0.1) is 11.3 Å². The van der Waals surface area contributed by atoms with E-state index < -0.39 is 5.97 Å². The second-order valence-electron chi connectivity index (χ2n) is 3.86. The third-order valence-corrected chi connectivity index (χ3v) is 2.85. The number of carbonyl (C=O) groups is 1. The standard InChI is InChI=1S/C13H11BrN2O3/c14-10-3-8(5-16-6-10)7-19-12-4-9(13(17)18)1-2-11(12)15/h1-6H,7,15H2,(H,17,18). The van der Waals surface area contributed by atoms with Crippen LogP contribution in [0.1, 0.15) is 15.9 Å². The molecule has 19 heavy (non-hydrogen) atoms. The number of benzene rings is 1. The lowest BCUT2D eigenvalue weighted by Gasteiger charge is -2.09. The number of hydrogen-bond acceptors (Lipinski definition) is 4. The molecule has 2 rings (SSSR count). The molecule has 1 heterocycles. The van der Waals surface area contributed by atoms with E-state index in [1.807, 2.05) is 6.07 Å². The first kappa shape index (κ1) is 13.4. The van der Waals surface area contributed by atoms with Gasteiger partial charge in [0.25, 0.3) is 0 Å². The van der Waals surface area contributed by atoms with Crippen LogP contribution in [0.25, 0.3) is 0 Å². The number of halogens is 1. The maximum absolute atomic E-state index is 10.9. The minimum Gasteiger partial charge on any atom is -0.487 e. The number of anilines is 1. The molecule has 0 aliphatic rings. The highest BCUT2D eigenvalue weighted by Crippen LogP contribution is 2.24. The Bertz CT molecular complexity index is 617.